The number of nitrogens with zero attached hydrogens (tertiary/aromatic N) is 1. The van der Waals surface area contributed by atoms with Crippen molar-refractivity contribution in [2.75, 3.05) is 0 Å². The lowest BCUT2D eigenvalue weighted by atomic mass is 10.1. The van der Waals surface area contributed by atoms with Gasteiger partial charge in [0, 0.05) is 10.6 Å². The number of oxazole rings is 1. The molecule has 1 N–H and O–H groups in total. The van der Waals surface area contributed by atoms with E-state index in [0.29, 0.717) is 16.7 Å². The molecule has 0 amide bonds. The molecule has 2 rings (SSSR count). The predicted molar refractivity (Wildman–Crippen MR) is 57.6 cm³/mol. The van der Waals surface area contributed by atoms with Gasteiger partial charge in [0.05, 0.1) is 0 Å². The summed E-state index contributed by atoms with van der Waals surface area (Å²) in [5.41, 5.74) is 1.62. The van der Waals surface area contributed by atoms with Crippen LogP contribution in [0.5, 0.6) is 0 Å². The van der Waals surface area contributed by atoms with Crippen molar-refractivity contribution in [1.82, 2.24) is 4.98 Å². The highest BCUT2D eigenvalue weighted by Crippen LogP contribution is 2.25. The number of aryl methyl sites for hydroxylation is 1. The van der Waals surface area contributed by atoms with E-state index in [-0.39, 0.29) is 6.61 Å². The first-order valence-corrected chi connectivity index (χ1v) is 4.91. The standard InChI is InChI=1S/C11H10ClNO2/c1-7-11(13-10(6-14)15-7)8-3-2-4-9(12)5-8/h2-5,14H,6H2,1H3. The van der Waals surface area contributed by atoms with Gasteiger partial charge >= 0.3 is 0 Å². The number of hydrogen-bond acceptors (Lipinski definition) is 3. The van der Waals surface area contributed by atoms with Crippen LogP contribution in [0.3, 0.4) is 0 Å². The Bertz CT molecular complexity index is 479. The minimum absolute atomic E-state index is 0.193. The molecule has 0 saturated carbocycles. The lowest BCUT2D eigenvalue weighted by Gasteiger charge is -1.97. The molecular weight excluding hydrogens is 214 g/mol. The molecule has 0 aliphatic heterocycles. The van der Waals surface area contributed by atoms with Gasteiger partial charge in [-0.2, -0.15) is 0 Å². The van der Waals surface area contributed by atoms with Crippen LogP contribution in [0.25, 0.3) is 11.3 Å². The predicted octanol–water partition coefficient (Wildman–Crippen LogP) is 2.80. The van der Waals surface area contributed by atoms with Crippen molar-refractivity contribution >= 4 is 11.6 Å². The fraction of sp³-hybridized carbons (Fsp3) is 0.182. The molecule has 0 bridgehead atoms. The summed E-state index contributed by atoms with van der Waals surface area (Å²) in [4.78, 5) is 4.16. The van der Waals surface area contributed by atoms with Crippen LogP contribution in [0.1, 0.15) is 11.7 Å². The van der Waals surface area contributed by atoms with Crippen molar-refractivity contribution in [2.45, 2.75) is 13.5 Å². The zero-order valence-corrected chi connectivity index (χ0v) is 8.95. The van der Waals surface area contributed by atoms with Crippen molar-refractivity contribution in [3.63, 3.8) is 0 Å². The Morgan fingerprint density at radius 2 is 2.27 bits per heavy atom. The average molecular weight is 224 g/mol. The van der Waals surface area contributed by atoms with Crippen molar-refractivity contribution in [1.29, 1.82) is 0 Å². The van der Waals surface area contributed by atoms with E-state index in [0.717, 1.165) is 11.3 Å². The summed E-state index contributed by atoms with van der Waals surface area (Å²) >= 11 is 5.88. The maximum Gasteiger partial charge on any atom is 0.220 e. The smallest absolute Gasteiger partial charge is 0.220 e. The molecule has 78 valence electrons. The molecule has 1 aromatic carbocycles. The summed E-state index contributed by atoms with van der Waals surface area (Å²) in [6.45, 7) is 1.61. The summed E-state index contributed by atoms with van der Waals surface area (Å²) < 4.78 is 5.25. The highest BCUT2D eigenvalue weighted by atomic mass is 35.5. The minimum Gasteiger partial charge on any atom is -0.443 e. The molecule has 0 aliphatic carbocycles. The van der Waals surface area contributed by atoms with E-state index < -0.39 is 0 Å². The van der Waals surface area contributed by atoms with E-state index in [1.807, 2.05) is 25.1 Å². The number of hydrogen-bond donors (Lipinski definition) is 1. The molecule has 1 heterocycles. The van der Waals surface area contributed by atoms with Crippen LogP contribution in [-0.2, 0) is 6.61 Å². The molecule has 0 fully saturated rings. The number of aliphatic hydroxyl groups is 1. The molecule has 15 heavy (non-hydrogen) atoms. The van der Waals surface area contributed by atoms with Crippen molar-refractivity contribution in [2.24, 2.45) is 0 Å². The van der Waals surface area contributed by atoms with E-state index in [1.165, 1.54) is 0 Å². The van der Waals surface area contributed by atoms with Gasteiger partial charge in [0.15, 0.2) is 0 Å². The van der Waals surface area contributed by atoms with Gasteiger partial charge in [-0.05, 0) is 19.1 Å². The van der Waals surface area contributed by atoms with E-state index >= 15 is 0 Å². The quantitative estimate of drug-likeness (QED) is 0.852. The van der Waals surface area contributed by atoms with Crippen molar-refractivity contribution < 1.29 is 9.52 Å². The third kappa shape index (κ3) is 2.03. The zero-order valence-electron chi connectivity index (χ0n) is 8.20. The second-order valence-corrected chi connectivity index (χ2v) is 3.62. The molecule has 2 aromatic rings. The van der Waals surface area contributed by atoms with Gasteiger partial charge in [-0.3, -0.25) is 0 Å². The Morgan fingerprint density at radius 1 is 1.47 bits per heavy atom. The Balaban J connectivity index is 2.48. The SMILES string of the molecule is Cc1oc(CO)nc1-c1cccc(Cl)c1. The summed E-state index contributed by atoms with van der Waals surface area (Å²) in [7, 11) is 0. The van der Waals surface area contributed by atoms with Crippen molar-refractivity contribution in [3.8, 4) is 11.3 Å². The second-order valence-electron chi connectivity index (χ2n) is 3.18. The second kappa shape index (κ2) is 4.04. The highest BCUT2D eigenvalue weighted by Gasteiger charge is 2.10. The maximum atomic E-state index is 8.89. The molecule has 1 aromatic heterocycles. The van der Waals surface area contributed by atoms with Crippen LogP contribution in [-0.4, -0.2) is 10.1 Å². The molecule has 3 nitrogen and oxygen atoms in total. The largest absolute Gasteiger partial charge is 0.443 e. The molecule has 0 aliphatic rings. The number of halogens is 1. The Morgan fingerprint density at radius 3 is 2.87 bits per heavy atom. The first kappa shape index (κ1) is 10.2. The van der Waals surface area contributed by atoms with Gasteiger partial charge < -0.3 is 9.52 Å². The first-order valence-electron chi connectivity index (χ1n) is 4.54. The molecule has 0 saturated heterocycles. The Kier molecular flexibility index (Phi) is 2.75. The fourth-order valence-electron chi connectivity index (χ4n) is 1.42. The van der Waals surface area contributed by atoms with Gasteiger partial charge in [0.2, 0.25) is 5.89 Å². The van der Waals surface area contributed by atoms with Crippen LogP contribution in [0, 0.1) is 6.92 Å². The Labute approximate surface area is 92.3 Å². The van der Waals surface area contributed by atoms with Crippen LogP contribution < -0.4 is 0 Å². The monoisotopic (exact) mass is 223 g/mol. The Hall–Kier alpha value is -1.32. The first-order chi connectivity index (χ1) is 7.20. The third-order valence-electron chi connectivity index (χ3n) is 2.07. The number of rotatable bonds is 2. The molecule has 4 heteroatoms. The lowest BCUT2D eigenvalue weighted by molar-refractivity contribution is 0.238. The summed E-state index contributed by atoms with van der Waals surface area (Å²) in [6.07, 6.45) is 0. The van der Waals surface area contributed by atoms with Gasteiger partial charge in [0.1, 0.15) is 18.1 Å². The summed E-state index contributed by atoms with van der Waals surface area (Å²) in [5.74, 6) is 1.00. The van der Waals surface area contributed by atoms with Gasteiger partial charge in [-0.1, -0.05) is 23.7 Å². The highest BCUT2D eigenvalue weighted by molar-refractivity contribution is 6.30. The topological polar surface area (TPSA) is 46.3 Å². The zero-order chi connectivity index (χ0) is 10.8. The van der Waals surface area contributed by atoms with Crippen LogP contribution in [0.2, 0.25) is 5.02 Å². The van der Waals surface area contributed by atoms with E-state index in [1.54, 1.807) is 6.07 Å². The van der Waals surface area contributed by atoms with E-state index in [4.69, 9.17) is 21.1 Å². The van der Waals surface area contributed by atoms with Gasteiger partial charge in [0.25, 0.3) is 0 Å². The molecule has 0 atom stereocenters. The molecular formula is C11H10ClNO2. The van der Waals surface area contributed by atoms with E-state index in [9.17, 15) is 0 Å². The molecule has 0 radical (unpaired) electrons. The average Bonchev–Trinajstić information content (AvgIpc) is 2.60. The summed E-state index contributed by atoms with van der Waals surface area (Å²) in [5, 5.41) is 9.55. The van der Waals surface area contributed by atoms with E-state index in [2.05, 4.69) is 4.98 Å². The van der Waals surface area contributed by atoms with Gasteiger partial charge in [-0.15, -0.1) is 0 Å². The lowest BCUT2D eigenvalue weighted by Crippen LogP contribution is -1.83. The minimum atomic E-state index is -0.193. The number of aliphatic hydroxyl groups excluding tert-OH is 1. The van der Waals surface area contributed by atoms with Crippen LogP contribution in [0.15, 0.2) is 28.7 Å². The fourth-order valence-corrected chi connectivity index (χ4v) is 1.61. The van der Waals surface area contributed by atoms with Crippen LogP contribution >= 0.6 is 11.6 Å². The number of benzene rings is 1. The van der Waals surface area contributed by atoms with Gasteiger partial charge in [-0.25, -0.2) is 4.98 Å². The normalized spacial score (nSPS) is 10.6. The maximum absolute atomic E-state index is 8.89. The summed E-state index contributed by atoms with van der Waals surface area (Å²) in [6, 6.07) is 7.36. The number of aromatic nitrogens is 1. The molecule has 0 unspecified atom stereocenters. The van der Waals surface area contributed by atoms with Crippen molar-refractivity contribution in [3.05, 3.63) is 40.9 Å². The molecule has 0 spiro atoms. The van der Waals surface area contributed by atoms with Crippen LogP contribution in [0.4, 0.5) is 0 Å². The third-order valence-corrected chi connectivity index (χ3v) is 2.31.